The molecule has 0 N–H and O–H groups in total. The van der Waals surface area contributed by atoms with Crippen molar-refractivity contribution in [1.29, 1.82) is 0 Å². The summed E-state index contributed by atoms with van der Waals surface area (Å²) >= 11 is 0. The molecule has 0 unspecified atom stereocenters. The van der Waals surface area contributed by atoms with Gasteiger partial charge in [0, 0.05) is 40.0 Å². The van der Waals surface area contributed by atoms with Crippen molar-refractivity contribution in [2.75, 3.05) is 0 Å². The lowest BCUT2D eigenvalue weighted by atomic mass is 9.92. The quantitative estimate of drug-likeness (QED) is 0.158. The van der Waals surface area contributed by atoms with Crippen molar-refractivity contribution < 1.29 is 0 Å². The molecule has 10 aromatic carbocycles. The molecule has 0 fully saturated rings. The Bertz CT molecular complexity index is 3680. The Morgan fingerprint density at radius 3 is 1.26 bits per heavy atom. The van der Waals surface area contributed by atoms with Crippen LogP contribution in [0.15, 0.2) is 225 Å². The van der Waals surface area contributed by atoms with Gasteiger partial charge in [0.15, 0.2) is 5.82 Å². The first kappa shape index (κ1) is 35.7. The summed E-state index contributed by atoms with van der Waals surface area (Å²) in [6, 6.07) is 76.0. The van der Waals surface area contributed by atoms with Crippen molar-refractivity contribution in [2.45, 2.75) is 0 Å². The van der Waals surface area contributed by atoms with Crippen LogP contribution >= 0.6 is 0 Å². The average Bonchev–Trinajstić information content (AvgIpc) is 3.35. The van der Waals surface area contributed by atoms with Crippen LogP contribution in [0.4, 0.5) is 0 Å². The highest BCUT2D eigenvalue weighted by Gasteiger charge is 2.16. The number of hydrogen-bond acceptors (Lipinski definition) is 3. The highest BCUT2D eigenvalue weighted by Crippen LogP contribution is 2.39. The first-order valence-corrected chi connectivity index (χ1v) is 21.1. The molecule has 3 heteroatoms. The van der Waals surface area contributed by atoms with Gasteiger partial charge in [0.1, 0.15) is 0 Å². The summed E-state index contributed by atoms with van der Waals surface area (Å²) in [5.74, 6) is 0.677. The molecule has 2 heterocycles. The zero-order chi connectivity index (χ0) is 41.0. The van der Waals surface area contributed by atoms with Crippen molar-refractivity contribution in [3.63, 3.8) is 0 Å². The van der Waals surface area contributed by atoms with E-state index in [0.717, 1.165) is 50.2 Å². The van der Waals surface area contributed by atoms with Gasteiger partial charge in [0.25, 0.3) is 0 Å². The van der Waals surface area contributed by atoms with Crippen LogP contribution in [0.3, 0.4) is 0 Å². The number of benzene rings is 10. The van der Waals surface area contributed by atoms with Gasteiger partial charge in [-0.1, -0.05) is 188 Å². The fourth-order valence-electron chi connectivity index (χ4n) is 9.27. The van der Waals surface area contributed by atoms with Crippen LogP contribution in [0.5, 0.6) is 0 Å². The third kappa shape index (κ3) is 6.18. The first-order valence-electron chi connectivity index (χ1n) is 21.1. The summed E-state index contributed by atoms with van der Waals surface area (Å²) in [6.45, 7) is 0. The molecule has 0 saturated carbocycles. The van der Waals surface area contributed by atoms with Crippen LogP contribution in [-0.4, -0.2) is 15.0 Å². The molecule has 12 aromatic rings. The van der Waals surface area contributed by atoms with Crippen molar-refractivity contribution in [3.05, 3.63) is 225 Å². The zero-order valence-corrected chi connectivity index (χ0v) is 33.7. The van der Waals surface area contributed by atoms with Crippen LogP contribution in [0.2, 0.25) is 0 Å². The van der Waals surface area contributed by atoms with Crippen molar-refractivity contribution in [1.82, 2.24) is 15.0 Å². The number of nitrogens with zero attached hydrogens (tertiary/aromatic N) is 3. The van der Waals surface area contributed by atoms with E-state index in [1.54, 1.807) is 0 Å². The molecule has 0 bridgehead atoms. The van der Waals surface area contributed by atoms with Crippen LogP contribution in [-0.2, 0) is 0 Å². The molecule has 12 rings (SSSR count). The van der Waals surface area contributed by atoms with Gasteiger partial charge in [-0.3, -0.25) is 4.98 Å². The summed E-state index contributed by atoms with van der Waals surface area (Å²) in [5.41, 5.74) is 11.6. The molecule has 0 atom stereocenters. The average molecular weight is 788 g/mol. The van der Waals surface area contributed by atoms with E-state index in [4.69, 9.17) is 9.97 Å². The van der Waals surface area contributed by atoms with Crippen LogP contribution in [0.25, 0.3) is 121 Å². The number of fused-ring (bicyclic) bond motifs is 7. The molecule has 0 radical (unpaired) electrons. The predicted molar refractivity (Wildman–Crippen MR) is 260 cm³/mol. The largest absolute Gasteiger partial charge is 0.263 e. The summed E-state index contributed by atoms with van der Waals surface area (Å²) in [5, 5.41) is 12.2. The van der Waals surface area contributed by atoms with Crippen molar-refractivity contribution in [3.8, 4) is 67.3 Å². The van der Waals surface area contributed by atoms with Gasteiger partial charge in [0.2, 0.25) is 0 Å². The van der Waals surface area contributed by atoms with Gasteiger partial charge in [-0.15, -0.1) is 0 Å². The fraction of sp³-hybridized carbons (Fsp3) is 0. The van der Waals surface area contributed by atoms with Crippen LogP contribution in [0.1, 0.15) is 0 Å². The lowest BCUT2D eigenvalue weighted by molar-refractivity contribution is 1.18. The maximum absolute atomic E-state index is 5.32. The Morgan fingerprint density at radius 1 is 0.242 bits per heavy atom. The second-order valence-electron chi connectivity index (χ2n) is 16.0. The fourth-order valence-corrected chi connectivity index (χ4v) is 9.27. The first-order chi connectivity index (χ1) is 30.7. The molecular weight excluding hydrogens is 751 g/mol. The summed E-state index contributed by atoms with van der Waals surface area (Å²) in [7, 11) is 0. The minimum Gasteiger partial charge on any atom is -0.263 e. The van der Waals surface area contributed by atoms with E-state index in [-0.39, 0.29) is 0 Å². The Kier molecular flexibility index (Phi) is 8.50. The molecule has 0 aliphatic carbocycles. The smallest absolute Gasteiger partial charge is 0.160 e. The van der Waals surface area contributed by atoms with Crippen LogP contribution in [0, 0.1) is 0 Å². The van der Waals surface area contributed by atoms with Crippen LogP contribution < -0.4 is 0 Å². The number of rotatable bonds is 6. The van der Waals surface area contributed by atoms with Gasteiger partial charge in [-0.05, 0) is 101 Å². The second-order valence-corrected chi connectivity index (χ2v) is 16.0. The third-order valence-corrected chi connectivity index (χ3v) is 12.3. The maximum Gasteiger partial charge on any atom is 0.160 e. The van der Waals surface area contributed by atoms with E-state index in [1.807, 2.05) is 12.4 Å². The summed E-state index contributed by atoms with van der Waals surface area (Å²) < 4.78 is 0. The highest BCUT2D eigenvalue weighted by atomic mass is 14.9. The van der Waals surface area contributed by atoms with E-state index >= 15 is 0 Å². The zero-order valence-electron chi connectivity index (χ0n) is 33.7. The van der Waals surface area contributed by atoms with E-state index in [1.165, 1.54) is 65.2 Å². The third-order valence-electron chi connectivity index (χ3n) is 12.3. The summed E-state index contributed by atoms with van der Waals surface area (Å²) in [6.07, 6.45) is 3.87. The standard InChI is InChI=1S/C59H37N3/c1-4-17-47-43(12-1)33-54(52-22-9-7-20-50(47)52)38-24-28-40(29-25-38)57-35-58(41-30-26-39(27-31-41)56-37-60-36-46-14-3-6-19-49(46)56)62-59(61-57)45-16-11-15-42(32-45)55-34-44-13-2-5-18-48(44)51-21-8-10-23-53(51)55/h1-37H. The van der Waals surface area contributed by atoms with E-state index in [9.17, 15) is 0 Å². The van der Waals surface area contributed by atoms with Gasteiger partial charge in [-0.2, -0.15) is 0 Å². The molecule has 62 heavy (non-hydrogen) atoms. The Morgan fingerprint density at radius 2 is 0.677 bits per heavy atom. The molecule has 0 aliphatic rings. The molecule has 0 amide bonds. The number of pyridine rings is 1. The Hall–Kier alpha value is -8.27. The SMILES string of the molecule is c1cc(-c2nc(-c3ccc(-c4cncc5ccccc45)cc3)cc(-c3ccc(-c4cc5ccccc5c5ccccc45)cc3)n2)cc(-c2cc3ccccc3c3ccccc23)c1. The molecule has 2 aromatic heterocycles. The molecule has 0 aliphatic heterocycles. The van der Waals surface area contributed by atoms with E-state index < -0.39 is 0 Å². The monoisotopic (exact) mass is 787 g/mol. The minimum atomic E-state index is 0.677. The van der Waals surface area contributed by atoms with Crippen molar-refractivity contribution >= 4 is 53.9 Å². The molecule has 3 nitrogen and oxygen atoms in total. The molecule has 0 spiro atoms. The van der Waals surface area contributed by atoms with Crippen molar-refractivity contribution in [2.24, 2.45) is 0 Å². The predicted octanol–water partition coefficient (Wildman–Crippen LogP) is 15.6. The maximum atomic E-state index is 5.32. The van der Waals surface area contributed by atoms with Gasteiger partial charge < -0.3 is 0 Å². The lowest BCUT2D eigenvalue weighted by Crippen LogP contribution is -1.96. The second kappa shape index (κ2) is 14.8. The lowest BCUT2D eigenvalue weighted by Gasteiger charge is -2.14. The number of hydrogen-bond donors (Lipinski definition) is 0. The van der Waals surface area contributed by atoms with E-state index in [2.05, 4.69) is 217 Å². The highest BCUT2D eigenvalue weighted by molar-refractivity contribution is 6.15. The molecule has 288 valence electrons. The number of aromatic nitrogens is 3. The summed E-state index contributed by atoms with van der Waals surface area (Å²) in [4.78, 5) is 15.2. The Labute approximate surface area is 359 Å². The molecule has 0 saturated heterocycles. The normalized spacial score (nSPS) is 11.5. The molecular formula is C59H37N3. The van der Waals surface area contributed by atoms with Gasteiger partial charge in [0.05, 0.1) is 11.4 Å². The van der Waals surface area contributed by atoms with Gasteiger partial charge in [-0.25, -0.2) is 9.97 Å². The topological polar surface area (TPSA) is 38.7 Å². The van der Waals surface area contributed by atoms with E-state index in [0.29, 0.717) is 5.82 Å². The van der Waals surface area contributed by atoms with Gasteiger partial charge >= 0.3 is 0 Å². The minimum absolute atomic E-state index is 0.677. The Balaban J connectivity index is 0.990.